The highest BCUT2D eigenvalue weighted by atomic mass is 35.5. The highest BCUT2D eigenvalue weighted by Crippen LogP contribution is 2.25. The summed E-state index contributed by atoms with van der Waals surface area (Å²) in [6.45, 7) is 2.46. The Morgan fingerprint density at radius 3 is 2.38 bits per heavy atom. The smallest absolute Gasteiger partial charge is 0.271 e. The second kappa shape index (κ2) is 12.1. The number of benzene rings is 2. The Kier molecular flexibility index (Phi) is 8.17. The molecule has 2 N–H and O–H groups in total. The van der Waals surface area contributed by atoms with Gasteiger partial charge in [0.2, 0.25) is 0 Å². The van der Waals surface area contributed by atoms with Crippen LogP contribution in [0.4, 0.5) is 15.9 Å². The van der Waals surface area contributed by atoms with Gasteiger partial charge in [0, 0.05) is 43.8 Å². The van der Waals surface area contributed by atoms with Gasteiger partial charge in [0.1, 0.15) is 11.6 Å². The fourth-order valence-electron chi connectivity index (χ4n) is 4.70. The van der Waals surface area contributed by atoms with Gasteiger partial charge in [0.25, 0.3) is 11.8 Å². The van der Waals surface area contributed by atoms with Crippen molar-refractivity contribution in [1.82, 2.24) is 20.1 Å². The largest absolute Gasteiger partial charge is 0.371 e. The molecule has 0 spiro atoms. The van der Waals surface area contributed by atoms with Crippen LogP contribution < -0.4 is 15.5 Å². The van der Waals surface area contributed by atoms with Crippen molar-refractivity contribution in [1.29, 1.82) is 0 Å². The minimum Gasteiger partial charge on any atom is -0.371 e. The normalized spacial score (nSPS) is 13.7. The number of rotatable bonds is 8. The molecule has 5 rings (SSSR count). The Labute approximate surface area is 230 Å². The van der Waals surface area contributed by atoms with Crippen LogP contribution in [-0.2, 0) is 0 Å². The van der Waals surface area contributed by atoms with Crippen molar-refractivity contribution in [3.63, 3.8) is 0 Å². The number of piperidine rings is 1. The maximum atomic E-state index is 13.5. The minimum absolute atomic E-state index is 0.140. The Balaban J connectivity index is 1.23. The van der Waals surface area contributed by atoms with Crippen molar-refractivity contribution in [3.8, 4) is 5.69 Å². The molecule has 8 nitrogen and oxygen atoms in total. The van der Waals surface area contributed by atoms with Crippen LogP contribution in [-0.4, -0.2) is 46.2 Å². The zero-order valence-corrected chi connectivity index (χ0v) is 21.9. The van der Waals surface area contributed by atoms with Gasteiger partial charge in [0.05, 0.1) is 16.3 Å². The number of pyridine rings is 1. The molecule has 0 saturated carbocycles. The summed E-state index contributed by atoms with van der Waals surface area (Å²) in [5, 5.41) is 10.4. The van der Waals surface area contributed by atoms with E-state index in [0.29, 0.717) is 23.2 Å². The number of carbonyl (C=O) groups is 2. The summed E-state index contributed by atoms with van der Waals surface area (Å²) < 4.78 is 14.9. The molecule has 1 aliphatic heterocycles. The Morgan fingerprint density at radius 2 is 1.67 bits per heavy atom. The molecule has 2 aromatic heterocycles. The predicted molar refractivity (Wildman–Crippen MR) is 149 cm³/mol. The average molecular weight is 547 g/mol. The number of amides is 2. The van der Waals surface area contributed by atoms with E-state index >= 15 is 0 Å². The van der Waals surface area contributed by atoms with Crippen LogP contribution in [0.3, 0.4) is 0 Å². The van der Waals surface area contributed by atoms with Gasteiger partial charge in [-0.25, -0.2) is 9.07 Å². The topological polar surface area (TPSA) is 92.2 Å². The van der Waals surface area contributed by atoms with E-state index in [2.05, 4.69) is 25.6 Å². The van der Waals surface area contributed by atoms with Crippen LogP contribution in [0.15, 0.2) is 79.1 Å². The number of anilines is 2. The zero-order valence-electron chi connectivity index (χ0n) is 21.2. The van der Waals surface area contributed by atoms with Gasteiger partial charge in [0.15, 0.2) is 5.69 Å². The highest BCUT2D eigenvalue weighted by Gasteiger charge is 2.21. The summed E-state index contributed by atoms with van der Waals surface area (Å²) in [7, 11) is 0. The van der Waals surface area contributed by atoms with Gasteiger partial charge in [-0.2, -0.15) is 5.10 Å². The number of carbonyl (C=O) groups excluding carboxylic acids is 2. The van der Waals surface area contributed by atoms with E-state index in [4.69, 9.17) is 11.6 Å². The van der Waals surface area contributed by atoms with Crippen molar-refractivity contribution in [2.75, 3.05) is 29.9 Å². The van der Waals surface area contributed by atoms with Crippen LogP contribution in [0.25, 0.3) is 5.69 Å². The Hall–Kier alpha value is -4.24. The fraction of sp³-hybridized carbons (Fsp3) is 0.241. The van der Waals surface area contributed by atoms with E-state index in [-0.39, 0.29) is 23.0 Å². The first kappa shape index (κ1) is 26.4. The van der Waals surface area contributed by atoms with E-state index in [1.807, 2.05) is 24.5 Å². The molecule has 0 unspecified atom stereocenters. The number of hydrogen-bond donors (Lipinski definition) is 2. The number of hydrogen-bond acceptors (Lipinski definition) is 5. The molecule has 1 fully saturated rings. The van der Waals surface area contributed by atoms with Crippen molar-refractivity contribution < 1.29 is 14.0 Å². The molecule has 1 aliphatic rings. The molecule has 1 saturated heterocycles. The van der Waals surface area contributed by atoms with Gasteiger partial charge in [-0.1, -0.05) is 23.7 Å². The summed E-state index contributed by atoms with van der Waals surface area (Å²) in [5.41, 5.74) is 2.10. The van der Waals surface area contributed by atoms with Crippen LogP contribution in [0, 0.1) is 11.7 Å². The highest BCUT2D eigenvalue weighted by molar-refractivity contribution is 6.34. The summed E-state index contributed by atoms with van der Waals surface area (Å²) in [6, 6.07) is 17.8. The molecule has 3 heterocycles. The molecular weight excluding hydrogens is 519 g/mol. The third-order valence-electron chi connectivity index (χ3n) is 6.85. The predicted octanol–water partition coefficient (Wildman–Crippen LogP) is 5.35. The Morgan fingerprint density at radius 1 is 0.949 bits per heavy atom. The Bertz CT molecular complexity index is 1440. The number of aromatic nitrogens is 3. The second-order valence-corrected chi connectivity index (χ2v) is 9.82. The first-order valence-corrected chi connectivity index (χ1v) is 13.2. The monoisotopic (exact) mass is 546 g/mol. The lowest BCUT2D eigenvalue weighted by Gasteiger charge is -2.33. The molecule has 2 aromatic carbocycles. The molecule has 4 aromatic rings. The summed E-state index contributed by atoms with van der Waals surface area (Å²) in [6.07, 6.45) is 6.58. The van der Waals surface area contributed by atoms with Gasteiger partial charge < -0.3 is 15.5 Å². The molecule has 39 heavy (non-hydrogen) atoms. The molecule has 0 atom stereocenters. The van der Waals surface area contributed by atoms with Crippen LogP contribution in [0.5, 0.6) is 0 Å². The molecule has 0 aliphatic carbocycles. The van der Waals surface area contributed by atoms with Crippen molar-refractivity contribution in [3.05, 3.63) is 101 Å². The lowest BCUT2D eigenvalue weighted by atomic mass is 9.93. The van der Waals surface area contributed by atoms with E-state index < -0.39 is 11.7 Å². The summed E-state index contributed by atoms with van der Waals surface area (Å²) >= 11 is 6.18. The first-order valence-electron chi connectivity index (χ1n) is 12.8. The molecule has 0 bridgehead atoms. The summed E-state index contributed by atoms with van der Waals surface area (Å²) in [5.74, 6) is -0.421. The minimum atomic E-state index is -0.450. The summed E-state index contributed by atoms with van der Waals surface area (Å²) in [4.78, 5) is 32.3. The molecule has 0 radical (unpaired) electrons. The van der Waals surface area contributed by atoms with E-state index in [1.165, 1.54) is 40.7 Å². The van der Waals surface area contributed by atoms with Gasteiger partial charge in [-0.15, -0.1) is 0 Å². The quantitative estimate of drug-likeness (QED) is 0.311. The van der Waals surface area contributed by atoms with Crippen LogP contribution in [0.1, 0.15) is 40.1 Å². The maximum Gasteiger partial charge on any atom is 0.271 e. The number of halogens is 2. The van der Waals surface area contributed by atoms with E-state index in [1.54, 1.807) is 24.3 Å². The van der Waals surface area contributed by atoms with Crippen LogP contribution in [0.2, 0.25) is 5.02 Å². The SMILES string of the molecule is O=C(NCCC1CCN(c2ccncc2)CC1)c1cc(NC(=O)c2ccccc2Cl)n(-c2ccc(F)cc2)n1. The third-order valence-corrected chi connectivity index (χ3v) is 7.18. The van der Waals surface area contributed by atoms with E-state index in [9.17, 15) is 14.0 Å². The second-order valence-electron chi connectivity index (χ2n) is 9.42. The van der Waals surface area contributed by atoms with E-state index in [0.717, 1.165) is 32.4 Å². The average Bonchev–Trinajstić information content (AvgIpc) is 3.38. The van der Waals surface area contributed by atoms with Gasteiger partial charge in [-0.05, 0) is 73.7 Å². The van der Waals surface area contributed by atoms with Gasteiger partial charge in [-0.3, -0.25) is 14.6 Å². The molecule has 2 amide bonds. The lowest BCUT2D eigenvalue weighted by Crippen LogP contribution is -2.35. The van der Waals surface area contributed by atoms with Crippen molar-refractivity contribution in [2.24, 2.45) is 5.92 Å². The zero-order chi connectivity index (χ0) is 27.2. The van der Waals surface area contributed by atoms with Crippen molar-refractivity contribution in [2.45, 2.75) is 19.3 Å². The standard InChI is InChI=1S/C29H28ClFN6O2/c30-25-4-2-1-3-24(25)28(38)34-27-19-26(35-37(27)23-7-5-21(31)6-8-23)29(39)33-16-9-20-12-17-36(18-13-20)22-10-14-32-15-11-22/h1-8,10-11,14-15,19-20H,9,12-13,16-18H2,(H,33,39)(H,34,38). The lowest BCUT2D eigenvalue weighted by molar-refractivity contribution is 0.0944. The molecule has 10 heteroatoms. The third kappa shape index (κ3) is 6.43. The molecular formula is C29H28ClFN6O2. The molecule has 200 valence electrons. The van der Waals surface area contributed by atoms with Gasteiger partial charge >= 0.3 is 0 Å². The fourth-order valence-corrected chi connectivity index (χ4v) is 4.93. The van der Waals surface area contributed by atoms with Crippen molar-refractivity contribution >= 4 is 34.9 Å². The number of nitrogens with one attached hydrogen (secondary N) is 2. The maximum absolute atomic E-state index is 13.5. The van der Waals surface area contributed by atoms with Crippen LogP contribution >= 0.6 is 11.6 Å². The first-order chi connectivity index (χ1) is 19.0. The number of nitrogens with zero attached hydrogens (tertiary/aromatic N) is 4.